The van der Waals surface area contributed by atoms with Gasteiger partial charge in [0.25, 0.3) is 5.56 Å². The van der Waals surface area contributed by atoms with Gasteiger partial charge in [0.05, 0.1) is 10.2 Å². The fourth-order valence-corrected chi connectivity index (χ4v) is 3.42. The second kappa shape index (κ2) is 6.37. The molecule has 25 heavy (non-hydrogen) atoms. The summed E-state index contributed by atoms with van der Waals surface area (Å²) in [5.74, 6) is 0. The summed E-state index contributed by atoms with van der Waals surface area (Å²) in [5.41, 5.74) is 2.38. The number of aromatic amines is 1. The molecule has 2 amide bonds. The highest BCUT2D eigenvalue weighted by Crippen LogP contribution is 2.19. The van der Waals surface area contributed by atoms with Crippen LogP contribution in [0.3, 0.4) is 0 Å². The van der Waals surface area contributed by atoms with Crippen LogP contribution >= 0.6 is 11.3 Å². The van der Waals surface area contributed by atoms with E-state index in [1.807, 2.05) is 17.5 Å². The second-order valence-corrected chi connectivity index (χ2v) is 6.51. The van der Waals surface area contributed by atoms with Crippen LogP contribution in [-0.2, 0) is 6.54 Å². The smallest absolute Gasteiger partial charge is 0.319 e. The Morgan fingerprint density at radius 2 is 2.12 bits per heavy atom. The first-order valence-corrected chi connectivity index (χ1v) is 8.55. The Labute approximate surface area is 146 Å². The van der Waals surface area contributed by atoms with E-state index >= 15 is 0 Å². The van der Waals surface area contributed by atoms with Gasteiger partial charge in [-0.25, -0.2) is 4.79 Å². The lowest BCUT2D eigenvalue weighted by Crippen LogP contribution is -2.28. The molecule has 3 heterocycles. The van der Waals surface area contributed by atoms with Crippen molar-refractivity contribution in [3.63, 3.8) is 0 Å². The normalized spacial score (nSPS) is 10.9. The van der Waals surface area contributed by atoms with Gasteiger partial charge in [-0.1, -0.05) is 0 Å². The van der Waals surface area contributed by atoms with Crippen LogP contribution in [0.1, 0.15) is 5.56 Å². The molecule has 0 atom stereocenters. The molecule has 0 saturated carbocycles. The summed E-state index contributed by atoms with van der Waals surface area (Å²) in [6.45, 7) is 0.389. The third-order valence-corrected chi connectivity index (χ3v) is 4.70. The van der Waals surface area contributed by atoms with E-state index in [9.17, 15) is 9.59 Å². The van der Waals surface area contributed by atoms with Gasteiger partial charge in [-0.3, -0.25) is 9.78 Å². The Hall–Kier alpha value is -3.19. The number of thiophene rings is 1. The molecule has 0 aliphatic carbocycles. The van der Waals surface area contributed by atoms with Crippen molar-refractivity contribution >= 4 is 44.0 Å². The highest BCUT2D eigenvalue weighted by Gasteiger charge is 2.05. The number of carbonyl (C=O) groups excluding carboxylic acids is 1. The number of pyridine rings is 2. The van der Waals surface area contributed by atoms with Crippen LogP contribution in [0.4, 0.5) is 10.5 Å². The molecule has 3 N–H and O–H groups in total. The van der Waals surface area contributed by atoms with Crippen molar-refractivity contribution in [2.45, 2.75) is 6.54 Å². The van der Waals surface area contributed by atoms with Crippen LogP contribution in [0.25, 0.3) is 21.0 Å². The number of benzene rings is 1. The van der Waals surface area contributed by atoms with Gasteiger partial charge >= 0.3 is 6.03 Å². The van der Waals surface area contributed by atoms with Gasteiger partial charge in [-0.2, -0.15) is 0 Å². The second-order valence-electron chi connectivity index (χ2n) is 5.56. The average molecular weight is 350 g/mol. The molecule has 0 aliphatic heterocycles. The SMILES string of the molecule is O=C(NCc1cnc2ccsc2c1)Nc1ccc2c(=O)[nH]ccc2c1. The van der Waals surface area contributed by atoms with Crippen LogP contribution in [0.5, 0.6) is 0 Å². The number of anilines is 1. The summed E-state index contributed by atoms with van der Waals surface area (Å²) < 4.78 is 1.10. The predicted molar refractivity (Wildman–Crippen MR) is 100 cm³/mol. The van der Waals surface area contributed by atoms with E-state index < -0.39 is 0 Å². The van der Waals surface area contributed by atoms with E-state index in [2.05, 4.69) is 20.6 Å². The predicted octanol–water partition coefficient (Wildman–Crippen LogP) is 3.46. The molecule has 0 saturated heterocycles. The Kier molecular flexibility index (Phi) is 3.91. The lowest BCUT2D eigenvalue weighted by Gasteiger charge is -2.08. The Balaban J connectivity index is 1.44. The van der Waals surface area contributed by atoms with Gasteiger partial charge in [0, 0.05) is 30.0 Å². The molecule has 124 valence electrons. The summed E-state index contributed by atoms with van der Waals surface area (Å²) >= 11 is 1.62. The summed E-state index contributed by atoms with van der Waals surface area (Å²) in [6.07, 6.45) is 3.35. The van der Waals surface area contributed by atoms with Gasteiger partial charge in [0.2, 0.25) is 0 Å². The van der Waals surface area contributed by atoms with Gasteiger partial charge in [0.1, 0.15) is 0 Å². The number of fused-ring (bicyclic) bond motifs is 2. The number of amides is 2. The monoisotopic (exact) mass is 350 g/mol. The Bertz CT molecular complexity index is 1130. The highest BCUT2D eigenvalue weighted by molar-refractivity contribution is 7.17. The molecular weight excluding hydrogens is 336 g/mol. The van der Waals surface area contributed by atoms with Gasteiger partial charge in [-0.15, -0.1) is 11.3 Å². The maximum absolute atomic E-state index is 12.1. The molecule has 0 bridgehead atoms. The van der Waals surface area contributed by atoms with Crippen LogP contribution in [-0.4, -0.2) is 16.0 Å². The van der Waals surface area contributed by atoms with Crippen molar-refractivity contribution in [2.75, 3.05) is 5.32 Å². The number of hydrogen-bond donors (Lipinski definition) is 3. The van der Waals surface area contributed by atoms with Crippen molar-refractivity contribution in [3.05, 3.63) is 70.1 Å². The summed E-state index contributed by atoms with van der Waals surface area (Å²) in [5, 5.41) is 8.94. The van der Waals surface area contributed by atoms with Crippen LogP contribution in [0.15, 0.2) is 59.0 Å². The van der Waals surface area contributed by atoms with E-state index in [1.54, 1.807) is 48.0 Å². The highest BCUT2D eigenvalue weighted by atomic mass is 32.1. The third-order valence-electron chi connectivity index (χ3n) is 3.84. The number of H-pyrrole nitrogens is 1. The quantitative estimate of drug-likeness (QED) is 0.529. The molecular formula is C18H14N4O2S. The van der Waals surface area contributed by atoms with Crippen LogP contribution in [0, 0.1) is 0 Å². The molecule has 3 aromatic heterocycles. The standard InChI is InChI=1S/C18H14N4O2S/c23-17-14-2-1-13(8-12(14)3-5-19-17)22-18(24)21-10-11-7-16-15(20-9-11)4-6-25-16/h1-9H,10H2,(H,19,23)(H2,21,22,24). The number of carbonyl (C=O) groups is 1. The van der Waals surface area contributed by atoms with Crippen molar-refractivity contribution in [1.82, 2.24) is 15.3 Å². The molecule has 4 rings (SSSR count). The number of hydrogen-bond acceptors (Lipinski definition) is 4. The molecule has 0 aliphatic rings. The zero-order valence-corrected chi connectivity index (χ0v) is 13.9. The Morgan fingerprint density at radius 1 is 1.20 bits per heavy atom. The Morgan fingerprint density at radius 3 is 3.04 bits per heavy atom. The maximum Gasteiger partial charge on any atom is 0.319 e. The maximum atomic E-state index is 12.1. The molecule has 0 unspecified atom stereocenters. The van der Waals surface area contributed by atoms with Crippen molar-refractivity contribution in [3.8, 4) is 0 Å². The van der Waals surface area contributed by atoms with E-state index in [0.717, 1.165) is 21.2 Å². The molecule has 6 nitrogen and oxygen atoms in total. The van der Waals surface area contributed by atoms with Crippen LogP contribution < -0.4 is 16.2 Å². The van der Waals surface area contributed by atoms with E-state index in [4.69, 9.17) is 0 Å². The first-order valence-electron chi connectivity index (χ1n) is 7.67. The first kappa shape index (κ1) is 15.3. The zero-order valence-electron chi connectivity index (χ0n) is 13.1. The molecule has 0 radical (unpaired) electrons. The van der Waals surface area contributed by atoms with Crippen molar-refractivity contribution < 1.29 is 4.79 Å². The van der Waals surface area contributed by atoms with E-state index in [0.29, 0.717) is 17.6 Å². The number of nitrogens with zero attached hydrogens (tertiary/aromatic N) is 1. The van der Waals surface area contributed by atoms with Gasteiger partial charge < -0.3 is 15.6 Å². The fraction of sp³-hybridized carbons (Fsp3) is 0.0556. The summed E-state index contributed by atoms with van der Waals surface area (Å²) in [6, 6.07) is 10.6. The number of rotatable bonds is 3. The largest absolute Gasteiger partial charge is 0.334 e. The lowest BCUT2D eigenvalue weighted by atomic mass is 10.1. The third kappa shape index (κ3) is 3.22. The van der Waals surface area contributed by atoms with E-state index in [-0.39, 0.29) is 11.6 Å². The van der Waals surface area contributed by atoms with Gasteiger partial charge in [0.15, 0.2) is 0 Å². The molecule has 0 spiro atoms. The number of aromatic nitrogens is 2. The molecule has 1 aromatic carbocycles. The topological polar surface area (TPSA) is 86.9 Å². The minimum atomic E-state index is -0.310. The van der Waals surface area contributed by atoms with E-state index in [1.165, 1.54) is 0 Å². The average Bonchev–Trinajstić information content (AvgIpc) is 3.08. The van der Waals surface area contributed by atoms with Crippen molar-refractivity contribution in [2.24, 2.45) is 0 Å². The van der Waals surface area contributed by atoms with Crippen molar-refractivity contribution in [1.29, 1.82) is 0 Å². The minimum Gasteiger partial charge on any atom is -0.334 e. The molecule has 4 aromatic rings. The number of urea groups is 1. The van der Waals surface area contributed by atoms with Gasteiger partial charge in [-0.05, 0) is 52.7 Å². The number of nitrogens with one attached hydrogen (secondary N) is 3. The summed E-state index contributed by atoms with van der Waals surface area (Å²) in [7, 11) is 0. The molecule has 0 fully saturated rings. The zero-order chi connectivity index (χ0) is 17.2. The summed E-state index contributed by atoms with van der Waals surface area (Å²) in [4.78, 5) is 30.8. The minimum absolute atomic E-state index is 0.148. The lowest BCUT2D eigenvalue weighted by molar-refractivity contribution is 0.251. The molecule has 7 heteroatoms. The fourth-order valence-electron chi connectivity index (χ4n) is 2.61. The first-order chi connectivity index (χ1) is 12.2. The van der Waals surface area contributed by atoms with Crippen LogP contribution in [0.2, 0.25) is 0 Å².